The number of aryl methyl sites for hydroxylation is 1. The van der Waals surface area contributed by atoms with Crippen molar-refractivity contribution in [3.05, 3.63) is 23.8 Å². The number of halogens is 3. The molecule has 1 aliphatic carbocycles. The minimum atomic E-state index is -4.49. The Bertz CT molecular complexity index is 753. The number of ether oxygens (including phenoxy) is 1. The first-order valence-electron chi connectivity index (χ1n) is 8.70. The quantitative estimate of drug-likeness (QED) is 0.828. The number of urea groups is 1. The molecule has 6 nitrogen and oxygen atoms in total. The average Bonchev–Trinajstić information content (AvgIpc) is 3.12. The first-order chi connectivity index (χ1) is 12.6. The van der Waals surface area contributed by atoms with Gasteiger partial charge in [0.1, 0.15) is 5.75 Å². The second-order valence-corrected chi connectivity index (χ2v) is 7.26. The first kappa shape index (κ1) is 19.3. The van der Waals surface area contributed by atoms with E-state index in [1.807, 2.05) is 0 Å². The fourth-order valence-corrected chi connectivity index (χ4v) is 4.00. The zero-order valence-electron chi connectivity index (χ0n) is 14.8. The lowest BCUT2D eigenvalue weighted by Crippen LogP contribution is -2.38. The van der Waals surface area contributed by atoms with Crippen LogP contribution in [0, 0.1) is 18.3 Å². The zero-order chi connectivity index (χ0) is 19.8. The van der Waals surface area contributed by atoms with Gasteiger partial charge in [0.05, 0.1) is 11.1 Å². The van der Waals surface area contributed by atoms with Crippen LogP contribution in [0.3, 0.4) is 0 Å². The van der Waals surface area contributed by atoms with Crippen LogP contribution >= 0.6 is 0 Å². The van der Waals surface area contributed by atoms with E-state index in [-0.39, 0.29) is 23.9 Å². The molecular weight excluding hydrogens is 365 g/mol. The Balaban J connectivity index is 1.72. The van der Waals surface area contributed by atoms with Gasteiger partial charge >= 0.3 is 18.2 Å². The van der Waals surface area contributed by atoms with Gasteiger partial charge in [-0.1, -0.05) is 12.5 Å². The van der Waals surface area contributed by atoms with E-state index in [1.54, 1.807) is 13.0 Å². The normalized spacial score (nSPS) is 24.6. The van der Waals surface area contributed by atoms with Crippen LogP contribution in [0.2, 0.25) is 0 Å². The van der Waals surface area contributed by atoms with Crippen LogP contribution in [0.5, 0.6) is 5.75 Å². The third-order valence-corrected chi connectivity index (χ3v) is 5.35. The van der Waals surface area contributed by atoms with E-state index >= 15 is 0 Å². The average molecular weight is 386 g/mol. The molecule has 2 fully saturated rings. The van der Waals surface area contributed by atoms with Crippen molar-refractivity contribution in [3.8, 4) is 5.75 Å². The van der Waals surface area contributed by atoms with Gasteiger partial charge in [0.2, 0.25) is 0 Å². The fourth-order valence-electron chi connectivity index (χ4n) is 4.00. The van der Waals surface area contributed by atoms with Gasteiger partial charge in [-0.25, -0.2) is 4.79 Å². The van der Waals surface area contributed by atoms with Crippen LogP contribution in [0.1, 0.15) is 24.8 Å². The summed E-state index contributed by atoms with van der Waals surface area (Å²) < 4.78 is 42.2. The van der Waals surface area contributed by atoms with Gasteiger partial charge in [-0.15, -0.1) is 0 Å². The Morgan fingerprint density at radius 2 is 2.15 bits per heavy atom. The molecule has 1 aromatic rings. The van der Waals surface area contributed by atoms with Crippen LogP contribution in [0.15, 0.2) is 18.2 Å². The minimum absolute atomic E-state index is 0.0759. The van der Waals surface area contributed by atoms with Crippen LogP contribution in [-0.4, -0.2) is 47.9 Å². The molecule has 2 amide bonds. The van der Waals surface area contributed by atoms with Crippen molar-refractivity contribution < 1.29 is 32.6 Å². The number of hydrogen-bond acceptors (Lipinski definition) is 3. The molecule has 1 saturated carbocycles. The smallest absolute Gasteiger partial charge is 0.422 e. The van der Waals surface area contributed by atoms with E-state index in [1.165, 1.54) is 17.0 Å². The Labute approximate surface area is 154 Å². The summed E-state index contributed by atoms with van der Waals surface area (Å²) in [6, 6.07) is 4.00. The van der Waals surface area contributed by atoms with Crippen LogP contribution in [-0.2, 0) is 4.79 Å². The molecule has 0 bridgehead atoms. The molecule has 3 rings (SSSR count). The van der Waals surface area contributed by atoms with Crippen LogP contribution < -0.4 is 10.1 Å². The molecule has 2 aliphatic rings. The molecule has 2 atom stereocenters. The number of carbonyl (C=O) groups is 2. The Kier molecular flexibility index (Phi) is 4.96. The highest BCUT2D eigenvalue weighted by Crippen LogP contribution is 2.49. The number of nitrogens with zero attached hydrogens (tertiary/aromatic N) is 1. The third-order valence-electron chi connectivity index (χ3n) is 5.35. The van der Waals surface area contributed by atoms with Gasteiger partial charge < -0.3 is 20.1 Å². The largest absolute Gasteiger partial charge is 0.482 e. The van der Waals surface area contributed by atoms with Crippen LogP contribution in [0.4, 0.5) is 23.7 Å². The number of carboxylic acids is 1. The molecule has 0 spiro atoms. The summed E-state index contributed by atoms with van der Waals surface area (Å²) in [7, 11) is 0. The topological polar surface area (TPSA) is 78.9 Å². The van der Waals surface area contributed by atoms with Gasteiger partial charge in [-0.05, 0) is 43.4 Å². The second kappa shape index (κ2) is 6.94. The maximum Gasteiger partial charge on any atom is 0.422 e. The number of benzene rings is 1. The number of fused-ring (bicyclic) bond motifs is 1. The maximum atomic E-state index is 12.6. The second-order valence-electron chi connectivity index (χ2n) is 7.26. The molecule has 1 heterocycles. The van der Waals surface area contributed by atoms with E-state index in [0.29, 0.717) is 18.5 Å². The third kappa shape index (κ3) is 3.96. The Morgan fingerprint density at radius 1 is 1.41 bits per heavy atom. The predicted molar refractivity (Wildman–Crippen MR) is 90.7 cm³/mol. The van der Waals surface area contributed by atoms with E-state index in [4.69, 9.17) is 4.74 Å². The minimum Gasteiger partial charge on any atom is -0.482 e. The molecule has 1 aromatic carbocycles. The summed E-state index contributed by atoms with van der Waals surface area (Å²) in [4.78, 5) is 25.7. The summed E-state index contributed by atoms with van der Waals surface area (Å²) in [5, 5.41) is 12.2. The Morgan fingerprint density at radius 3 is 2.78 bits per heavy atom. The zero-order valence-corrected chi connectivity index (χ0v) is 14.8. The van der Waals surface area contributed by atoms with Crippen molar-refractivity contribution in [2.45, 2.75) is 32.4 Å². The van der Waals surface area contributed by atoms with Gasteiger partial charge in [-0.2, -0.15) is 13.2 Å². The van der Waals surface area contributed by atoms with E-state index in [2.05, 4.69) is 5.32 Å². The summed E-state index contributed by atoms with van der Waals surface area (Å²) in [6.07, 6.45) is -2.40. The molecule has 2 N–H and O–H groups in total. The number of anilines is 1. The number of alkyl halides is 3. The maximum absolute atomic E-state index is 12.6. The van der Waals surface area contributed by atoms with Crippen molar-refractivity contribution in [2.24, 2.45) is 11.3 Å². The number of carboxylic acid groups (broad SMARTS) is 1. The van der Waals surface area contributed by atoms with E-state index < -0.39 is 30.2 Å². The van der Waals surface area contributed by atoms with E-state index in [0.717, 1.165) is 12.8 Å². The summed E-state index contributed by atoms with van der Waals surface area (Å²) in [5.74, 6) is -1.07. The van der Waals surface area contributed by atoms with Crippen molar-refractivity contribution in [3.63, 3.8) is 0 Å². The SMILES string of the molecule is Cc1ccc(NC(=O)N2C[C@@H]3CCC[C@@]3(C(=O)O)C2)c(OCC(F)(F)F)c1. The summed E-state index contributed by atoms with van der Waals surface area (Å²) >= 11 is 0. The standard InChI is InChI=1S/C18H21F3N2O4/c1-11-4-5-13(14(7-11)27-10-18(19,20)21)22-16(26)23-8-12-3-2-6-17(12,9-23)15(24)25/h4-5,7,12H,2-3,6,8-10H2,1H3,(H,22,26)(H,24,25)/t12-,17+/m0/s1. The highest BCUT2D eigenvalue weighted by atomic mass is 19.4. The number of hydrogen-bond donors (Lipinski definition) is 2. The summed E-state index contributed by atoms with van der Waals surface area (Å²) in [6.45, 7) is 0.656. The lowest BCUT2D eigenvalue weighted by atomic mass is 9.81. The number of rotatable bonds is 4. The number of carbonyl (C=O) groups excluding carboxylic acids is 1. The number of amides is 2. The van der Waals surface area contributed by atoms with Crippen LogP contribution in [0.25, 0.3) is 0 Å². The number of likely N-dealkylation sites (tertiary alicyclic amines) is 1. The number of nitrogens with one attached hydrogen (secondary N) is 1. The molecule has 1 saturated heterocycles. The monoisotopic (exact) mass is 386 g/mol. The van der Waals surface area contributed by atoms with Crippen molar-refractivity contribution in [1.29, 1.82) is 0 Å². The van der Waals surface area contributed by atoms with E-state index in [9.17, 15) is 27.9 Å². The number of aliphatic carboxylic acids is 1. The molecule has 1 aliphatic heterocycles. The molecule has 9 heteroatoms. The van der Waals surface area contributed by atoms with Crippen molar-refractivity contribution >= 4 is 17.7 Å². The molecular formula is C18H21F3N2O4. The molecule has 0 unspecified atom stereocenters. The fraction of sp³-hybridized carbons (Fsp3) is 0.556. The Hall–Kier alpha value is -2.45. The van der Waals surface area contributed by atoms with Crippen molar-refractivity contribution in [2.75, 3.05) is 25.0 Å². The van der Waals surface area contributed by atoms with Gasteiger partial charge in [0, 0.05) is 13.1 Å². The molecule has 0 radical (unpaired) electrons. The molecule has 0 aromatic heterocycles. The highest BCUT2D eigenvalue weighted by molar-refractivity contribution is 5.92. The molecule has 27 heavy (non-hydrogen) atoms. The lowest BCUT2D eigenvalue weighted by Gasteiger charge is -2.23. The van der Waals surface area contributed by atoms with Gasteiger partial charge in [-0.3, -0.25) is 4.79 Å². The van der Waals surface area contributed by atoms with Crippen molar-refractivity contribution in [1.82, 2.24) is 4.90 Å². The van der Waals surface area contributed by atoms with Gasteiger partial charge in [0.15, 0.2) is 6.61 Å². The predicted octanol–water partition coefficient (Wildman–Crippen LogP) is 3.65. The van der Waals surface area contributed by atoms with Gasteiger partial charge in [0.25, 0.3) is 0 Å². The summed E-state index contributed by atoms with van der Waals surface area (Å²) in [5.41, 5.74) is -0.109. The highest BCUT2D eigenvalue weighted by Gasteiger charge is 2.55. The molecule has 148 valence electrons. The first-order valence-corrected chi connectivity index (χ1v) is 8.70. The lowest BCUT2D eigenvalue weighted by molar-refractivity contribution is -0.153.